The Bertz CT molecular complexity index is 3430. The van der Waals surface area contributed by atoms with Crippen LogP contribution in [-0.4, -0.2) is 280 Å². The Hall–Kier alpha value is -8.81. The number of carboxylic acid groups (broad SMARTS) is 6. The topological polar surface area (TPSA) is 492 Å². The number of amides is 3. The standard InChI is InChI=1S/C50H73N13O17S2.2C2HF3O2/c1-34-24-39(25-35(2)47(34)82(78,79)58-40(49(73)74)28-55-48(72)36-8-9-41-37(26-36)27-56-63(41)14-5-11-52-50-53-12-13-54-50)80-23-4-7-42(64)51-10-3-6-38(33-81(75,76)77)57-43(65)29-59-15-17-60(30-44(66)67)19-21-62(32-46(70)71)22-20-61(18-16-59)31-45(68)69;2*3-2(4,5)1(6)7/h8-9,12-13,24-27,38,40,58H,3-7,10-11,14-23,28-33H2,1-2H3,(H,51,64)(H,55,72)(H,57,65)(H,66,67)(H,68,69)(H,70,71)(H,73,74)(H2,52,53,54)(H,75,76,77);2*(H,6,7)/t38-,40+;;/m1../s1. The van der Waals surface area contributed by atoms with Gasteiger partial charge in [-0.15, -0.1) is 0 Å². The Morgan fingerprint density at radius 2 is 1.19 bits per heavy atom. The van der Waals surface area contributed by atoms with Crippen LogP contribution in [0.15, 0.2) is 53.8 Å². The van der Waals surface area contributed by atoms with Crippen molar-refractivity contribution in [1.29, 1.82) is 0 Å². The zero-order valence-corrected chi connectivity index (χ0v) is 53.2. The van der Waals surface area contributed by atoms with E-state index >= 15 is 0 Å². The number of anilines is 1. The number of hydrogen-bond donors (Lipinski definition) is 13. The molecule has 5 rings (SSSR count). The highest BCUT2D eigenvalue weighted by Gasteiger charge is 2.39. The molecule has 0 aliphatic carbocycles. The van der Waals surface area contributed by atoms with Crippen LogP contribution in [0.1, 0.15) is 53.6 Å². The number of H-pyrrole nitrogens is 1. The van der Waals surface area contributed by atoms with E-state index in [-0.39, 0.29) is 151 Å². The van der Waals surface area contributed by atoms with Gasteiger partial charge in [0.05, 0.1) is 55.1 Å². The van der Waals surface area contributed by atoms with E-state index in [0.29, 0.717) is 24.4 Å². The van der Waals surface area contributed by atoms with Crippen molar-refractivity contribution in [1.82, 2.24) is 60.0 Å². The van der Waals surface area contributed by atoms with Gasteiger partial charge in [0.15, 0.2) is 5.95 Å². The molecule has 4 aromatic rings. The molecule has 2 aromatic heterocycles. The lowest BCUT2D eigenvalue weighted by Gasteiger charge is -2.33. The molecule has 1 aliphatic heterocycles. The lowest BCUT2D eigenvalue weighted by molar-refractivity contribution is -0.193. The van der Waals surface area contributed by atoms with E-state index < -0.39 is 105 Å². The Kier molecular flexibility index (Phi) is 32.8. The number of aromatic amines is 1. The van der Waals surface area contributed by atoms with Crippen LogP contribution in [0, 0.1) is 13.8 Å². The molecular weight excluding hydrogens is 1340 g/mol. The maximum atomic E-state index is 13.6. The number of halogens is 6. The number of carbonyl (C=O) groups excluding carboxylic acids is 3. The van der Waals surface area contributed by atoms with Gasteiger partial charge < -0.3 is 61.6 Å². The zero-order chi connectivity index (χ0) is 72.1. The maximum Gasteiger partial charge on any atom is 0.490 e. The van der Waals surface area contributed by atoms with Gasteiger partial charge in [-0.1, -0.05) is 0 Å². The number of fused-ring (bicyclic) bond motifs is 1. The van der Waals surface area contributed by atoms with Crippen LogP contribution in [-0.2, 0) is 65.0 Å². The SMILES string of the molecule is Cc1cc(OCCCC(=O)NCCC[C@H](CS(=O)(=O)O)NC(=O)CN2CCN(CC(=O)O)CCN(CC(=O)O)CCN(CC(=O)O)CC2)cc(C)c1S(=O)(=O)N[C@@H](CNC(=O)c1ccc2c(cnn2CCCNc2ncc[nH]2)c1)C(=O)O.O=C(O)C(F)(F)F.O=C(O)C(F)(F)F. The lowest BCUT2D eigenvalue weighted by atomic mass is 10.1. The molecule has 2 atom stereocenters. The molecule has 42 heteroatoms. The first kappa shape index (κ1) is 81.4. The van der Waals surface area contributed by atoms with Crippen LogP contribution in [0.25, 0.3) is 10.9 Å². The molecule has 1 aliphatic rings. The monoisotopic (exact) mass is 1420 g/mol. The van der Waals surface area contributed by atoms with Crippen LogP contribution < -0.4 is 30.7 Å². The van der Waals surface area contributed by atoms with Gasteiger partial charge in [-0.3, -0.25) is 62.4 Å². The second kappa shape index (κ2) is 38.7. The number of aliphatic carboxylic acids is 6. The number of rotatable bonds is 32. The van der Waals surface area contributed by atoms with E-state index in [9.17, 15) is 102 Å². The summed E-state index contributed by atoms with van der Waals surface area (Å²) in [5.41, 5.74) is 1.46. The number of carbonyl (C=O) groups is 9. The van der Waals surface area contributed by atoms with Crippen LogP contribution in [0.2, 0.25) is 0 Å². The predicted octanol–water partition coefficient (Wildman–Crippen LogP) is 0.210. The highest BCUT2D eigenvalue weighted by Crippen LogP contribution is 2.27. The van der Waals surface area contributed by atoms with Crippen LogP contribution >= 0.6 is 0 Å². The molecule has 96 heavy (non-hydrogen) atoms. The second-order valence-corrected chi connectivity index (χ2v) is 24.5. The number of carboxylic acids is 6. The zero-order valence-electron chi connectivity index (χ0n) is 51.6. The van der Waals surface area contributed by atoms with Crippen LogP contribution in [0.5, 0.6) is 5.75 Å². The first-order chi connectivity index (χ1) is 44.7. The molecule has 34 nitrogen and oxygen atoms in total. The molecule has 3 amide bonds. The third kappa shape index (κ3) is 31.6. The number of imidazole rings is 1. The minimum absolute atomic E-state index is 0.00245. The smallest absolute Gasteiger partial charge is 0.490 e. The largest absolute Gasteiger partial charge is 0.494 e. The van der Waals surface area contributed by atoms with E-state index in [1.54, 1.807) is 61.1 Å². The summed E-state index contributed by atoms with van der Waals surface area (Å²) in [5.74, 6) is -11.9. The first-order valence-corrected chi connectivity index (χ1v) is 31.9. The summed E-state index contributed by atoms with van der Waals surface area (Å²) < 4.78 is 134. The van der Waals surface area contributed by atoms with Crippen molar-refractivity contribution in [3.8, 4) is 5.75 Å². The Balaban J connectivity index is 0.00000154. The molecule has 2 aromatic carbocycles. The Morgan fingerprint density at radius 1 is 0.677 bits per heavy atom. The summed E-state index contributed by atoms with van der Waals surface area (Å²) in [5, 5.41) is 68.7. The summed E-state index contributed by atoms with van der Waals surface area (Å²) in [7, 11) is -9.04. The van der Waals surface area contributed by atoms with Gasteiger partial charge in [-0.05, 0) is 81.0 Å². The molecule has 1 fully saturated rings. The van der Waals surface area contributed by atoms with Crippen molar-refractivity contribution in [3.63, 3.8) is 0 Å². The number of nitrogens with one attached hydrogen (secondary N) is 6. The number of alkyl halides is 6. The number of aromatic nitrogens is 4. The number of hydrogen-bond acceptors (Lipinski definition) is 21. The van der Waals surface area contributed by atoms with Gasteiger partial charge in [0, 0.05) is 114 Å². The third-order valence-corrected chi connectivity index (χ3v) is 16.1. The first-order valence-electron chi connectivity index (χ1n) is 28.8. The summed E-state index contributed by atoms with van der Waals surface area (Å²) in [6.45, 7) is 3.65. The predicted molar refractivity (Wildman–Crippen MR) is 323 cm³/mol. The summed E-state index contributed by atoms with van der Waals surface area (Å²) in [4.78, 5) is 117. The molecule has 536 valence electrons. The molecule has 0 unspecified atom stereocenters. The summed E-state index contributed by atoms with van der Waals surface area (Å²) >= 11 is 0. The van der Waals surface area contributed by atoms with E-state index in [1.807, 2.05) is 0 Å². The van der Waals surface area contributed by atoms with E-state index in [0.717, 1.165) is 11.9 Å². The fourth-order valence-corrected chi connectivity index (χ4v) is 11.5. The van der Waals surface area contributed by atoms with Gasteiger partial charge in [-0.25, -0.2) is 23.0 Å². The maximum absolute atomic E-state index is 13.6. The highest BCUT2D eigenvalue weighted by molar-refractivity contribution is 7.89. The number of sulfonamides is 1. The number of aryl methyl sites for hydroxylation is 3. The molecule has 1 saturated heterocycles. The minimum atomic E-state index is -5.08. The van der Waals surface area contributed by atoms with Crippen LogP contribution in [0.3, 0.4) is 0 Å². The van der Waals surface area contributed by atoms with E-state index in [1.165, 1.54) is 26.0 Å². The van der Waals surface area contributed by atoms with Gasteiger partial charge in [0.2, 0.25) is 21.8 Å². The second-order valence-electron chi connectivity index (χ2n) is 21.3. The lowest BCUT2D eigenvalue weighted by Crippen LogP contribution is -2.51. The molecule has 0 saturated carbocycles. The number of nitrogens with zero attached hydrogens (tertiary/aromatic N) is 7. The minimum Gasteiger partial charge on any atom is -0.494 e. The quantitative estimate of drug-likeness (QED) is 0.0177. The van der Waals surface area contributed by atoms with E-state index in [2.05, 4.69) is 41.1 Å². The summed E-state index contributed by atoms with van der Waals surface area (Å²) in [6.07, 6.45) is -4.03. The van der Waals surface area contributed by atoms with Crippen molar-refractivity contribution in [3.05, 3.63) is 65.6 Å². The Labute approximate surface area is 544 Å². The van der Waals surface area contributed by atoms with Crippen molar-refractivity contribution in [2.45, 2.75) is 81.8 Å². The summed E-state index contributed by atoms with van der Waals surface area (Å²) in [6, 6.07) is 4.97. The van der Waals surface area contributed by atoms with Crippen molar-refractivity contribution in [2.24, 2.45) is 0 Å². The van der Waals surface area contributed by atoms with Crippen molar-refractivity contribution >= 4 is 90.5 Å². The van der Waals surface area contributed by atoms with Crippen molar-refractivity contribution < 1.29 is 126 Å². The highest BCUT2D eigenvalue weighted by atomic mass is 32.2. The van der Waals surface area contributed by atoms with Crippen LogP contribution in [0.4, 0.5) is 32.3 Å². The number of benzene rings is 2. The average Bonchev–Trinajstić information content (AvgIpc) is 1.16. The molecule has 3 heterocycles. The third-order valence-electron chi connectivity index (χ3n) is 13.5. The molecular formula is C54H75F6N13O21S2. The van der Waals surface area contributed by atoms with Gasteiger partial charge >= 0.3 is 48.2 Å². The normalized spacial score (nSPS) is 14.8. The van der Waals surface area contributed by atoms with Crippen molar-refractivity contribution in [2.75, 3.05) is 116 Å². The Morgan fingerprint density at radius 3 is 1.65 bits per heavy atom. The molecule has 0 radical (unpaired) electrons. The fourth-order valence-electron chi connectivity index (χ4n) is 9.14. The van der Waals surface area contributed by atoms with Gasteiger partial charge in [-0.2, -0.15) is 44.6 Å². The molecule has 0 spiro atoms. The molecule has 13 N–H and O–H groups in total. The van der Waals surface area contributed by atoms with E-state index in [4.69, 9.17) is 24.5 Å². The van der Waals surface area contributed by atoms with Gasteiger partial charge in [0.25, 0.3) is 16.0 Å². The average molecular weight is 1420 g/mol. The number of ether oxygens (including phenoxy) is 1. The fraction of sp³-hybridized carbons (Fsp3) is 0.537. The molecule has 0 bridgehead atoms. The van der Waals surface area contributed by atoms with Gasteiger partial charge in [0.1, 0.15) is 11.8 Å².